The fourth-order valence-electron chi connectivity index (χ4n) is 2.36. The van der Waals surface area contributed by atoms with Crippen LogP contribution in [0.2, 0.25) is 0 Å². The topological polar surface area (TPSA) is 36.7 Å². The Hall–Kier alpha value is -1.66. The van der Waals surface area contributed by atoms with Crippen LogP contribution in [-0.4, -0.2) is 4.98 Å². The Labute approximate surface area is 111 Å². The van der Waals surface area contributed by atoms with Gasteiger partial charge in [0.1, 0.15) is 10.4 Å². The molecule has 0 amide bonds. The van der Waals surface area contributed by atoms with Gasteiger partial charge in [-0.3, -0.25) is 0 Å². The average molecular weight is 254 g/mol. The van der Waals surface area contributed by atoms with Crippen LogP contribution in [0.15, 0.2) is 29.6 Å². The summed E-state index contributed by atoms with van der Waals surface area (Å²) >= 11 is 1.64. The van der Waals surface area contributed by atoms with Gasteiger partial charge in [-0.2, -0.15) is 5.26 Å². The van der Waals surface area contributed by atoms with Gasteiger partial charge in [-0.25, -0.2) is 4.98 Å². The van der Waals surface area contributed by atoms with E-state index in [2.05, 4.69) is 47.6 Å². The summed E-state index contributed by atoms with van der Waals surface area (Å²) in [7, 11) is 0. The molecule has 2 nitrogen and oxygen atoms in total. The van der Waals surface area contributed by atoms with E-state index in [4.69, 9.17) is 0 Å². The second-order valence-electron chi connectivity index (χ2n) is 4.95. The summed E-state index contributed by atoms with van der Waals surface area (Å²) in [4.78, 5) is 4.68. The summed E-state index contributed by atoms with van der Waals surface area (Å²) in [6.45, 7) is 2.08. The molecule has 1 fully saturated rings. The Bertz CT molecular complexity index is 617. The number of hydrogen-bond donors (Lipinski definition) is 0. The van der Waals surface area contributed by atoms with Crippen LogP contribution in [0.25, 0.3) is 10.6 Å². The number of thiazole rings is 1. The standard InChI is InChI=1S/C15H14N2S/c1-11-4-2-5-12(8-11)14-17-13(9-18-14)15(10-16)6-3-7-15/h2,4-5,8-9H,3,6-7H2,1H3. The smallest absolute Gasteiger partial charge is 0.123 e. The molecule has 3 rings (SSSR count). The first-order valence-corrected chi connectivity index (χ1v) is 7.06. The molecule has 0 aliphatic heterocycles. The Morgan fingerprint density at radius 3 is 2.83 bits per heavy atom. The number of rotatable bonds is 2. The minimum Gasteiger partial charge on any atom is -0.239 e. The summed E-state index contributed by atoms with van der Waals surface area (Å²) in [5.74, 6) is 0. The van der Waals surface area contributed by atoms with Gasteiger partial charge in [0.2, 0.25) is 0 Å². The van der Waals surface area contributed by atoms with E-state index in [0.29, 0.717) is 0 Å². The molecular formula is C15H14N2S. The Kier molecular flexibility index (Phi) is 2.68. The quantitative estimate of drug-likeness (QED) is 0.810. The van der Waals surface area contributed by atoms with Gasteiger partial charge in [-0.05, 0) is 32.3 Å². The average Bonchev–Trinajstić information content (AvgIpc) is 2.78. The lowest BCUT2D eigenvalue weighted by atomic mass is 9.68. The minimum atomic E-state index is -0.293. The monoisotopic (exact) mass is 254 g/mol. The van der Waals surface area contributed by atoms with Gasteiger partial charge in [-0.1, -0.05) is 23.8 Å². The van der Waals surface area contributed by atoms with E-state index in [0.717, 1.165) is 35.5 Å². The largest absolute Gasteiger partial charge is 0.239 e. The van der Waals surface area contributed by atoms with Crippen molar-refractivity contribution in [1.82, 2.24) is 4.98 Å². The number of benzene rings is 1. The predicted molar refractivity (Wildman–Crippen MR) is 73.4 cm³/mol. The van der Waals surface area contributed by atoms with Crippen molar-refractivity contribution in [2.24, 2.45) is 0 Å². The number of aromatic nitrogens is 1. The van der Waals surface area contributed by atoms with Crippen LogP contribution in [-0.2, 0) is 5.41 Å². The van der Waals surface area contributed by atoms with Crippen molar-refractivity contribution < 1.29 is 0 Å². The molecule has 0 saturated heterocycles. The van der Waals surface area contributed by atoms with E-state index < -0.39 is 0 Å². The van der Waals surface area contributed by atoms with Crippen LogP contribution in [0.5, 0.6) is 0 Å². The van der Waals surface area contributed by atoms with Gasteiger partial charge in [0.05, 0.1) is 11.8 Å². The highest BCUT2D eigenvalue weighted by molar-refractivity contribution is 7.13. The molecule has 3 heteroatoms. The fraction of sp³-hybridized carbons (Fsp3) is 0.333. The second-order valence-corrected chi connectivity index (χ2v) is 5.81. The SMILES string of the molecule is Cc1cccc(-c2nc(C3(C#N)CCC3)cs2)c1. The normalized spacial score (nSPS) is 16.9. The summed E-state index contributed by atoms with van der Waals surface area (Å²) in [6, 6.07) is 10.8. The summed E-state index contributed by atoms with van der Waals surface area (Å²) in [5.41, 5.74) is 3.07. The van der Waals surface area contributed by atoms with E-state index in [1.165, 1.54) is 5.56 Å². The van der Waals surface area contributed by atoms with Crippen molar-refractivity contribution in [3.63, 3.8) is 0 Å². The number of hydrogen-bond acceptors (Lipinski definition) is 3. The van der Waals surface area contributed by atoms with Crippen LogP contribution in [0.1, 0.15) is 30.5 Å². The zero-order valence-electron chi connectivity index (χ0n) is 10.3. The molecule has 0 unspecified atom stereocenters. The molecule has 0 N–H and O–H groups in total. The van der Waals surface area contributed by atoms with E-state index in [-0.39, 0.29) is 5.41 Å². The van der Waals surface area contributed by atoms with Crippen LogP contribution in [0.3, 0.4) is 0 Å². The third-order valence-electron chi connectivity index (χ3n) is 3.68. The molecule has 1 aliphatic rings. The van der Waals surface area contributed by atoms with E-state index in [1.54, 1.807) is 11.3 Å². The third kappa shape index (κ3) is 1.74. The van der Waals surface area contributed by atoms with Crippen molar-refractivity contribution in [2.45, 2.75) is 31.6 Å². The van der Waals surface area contributed by atoms with Gasteiger partial charge in [0.25, 0.3) is 0 Å². The molecule has 18 heavy (non-hydrogen) atoms. The van der Waals surface area contributed by atoms with Gasteiger partial charge in [0.15, 0.2) is 0 Å². The van der Waals surface area contributed by atoms with Crippen LogP contribution in [0.4, 0.5) is 0 Å². The van der Waals surface area contributed by atoms with Gasteiger partial charge >= 0.3 is 0 Å². The minimum absolute atomic E-state index is 0.293. The molecule has 90 valence electrons. The maximum atomic E-state index is 9.33. The molecule has 2 aromatic rings. The molecule has 1 saturated carbocycles. The predicted octanol–water partition coefficient (Wildman–Crippen LogP) is 4.06. The fourth-order valence-corrected chi connectivity index (χ4v) is 3.28. The number of aryl methyl sites for hydroxylation is 1. The lowest BCUT2D eigenvalue weighted by Gasteiger charge is -2.33. The first-order chi connectivity index (χ1) is 8.73. The Morgan fingerprint density at radius 2 is 2.22 bits per heavy atom. The van der Waals surface area contributed by atoms with Gasteiger partial charge < -0.3 is 0 Å². The Morgan fingerprint density at radius 1 is 1.39 bits per heavy atom. The highest BCUT2D eigenvalue weighted by atomic mass is 32.1. The van der Waals surface area contributed by atoms with Crippen molar-refractivity contribution in [3.05, 3.63) is 40.9 Å². The molecule has 0 spiro atoms. The molecule has 1 heterocycles. The summed E-state index contributed by atoms with van der Waals surface area (Å²) in [6.07, 6.45) is 3.06. The molecule has 1 aromatic heterocycles. The zero-order chi connectivity index (χ0) is 12.6. The third-order valence-corrected chi connectivity index (χ3v) is 4.57. The number of nitriles is 1. The second kappa shape index (κ2) is 4.22. The Balaban J connectivity index is 1.97. The van der Waals surface area contributed by atoms with Gasteiger partial charge in [-0.15, -0.1) is 11.3 Å². The molecule has 0 atom stereocenters. The van der Waals surface area contributed by atoms with Crippen molar-refractivity contribution in [3.8, 4) is 16.6 Å². The highest BCUT2D eigenvalue weighted by Crippen LogP contribution is 2.44. The first-order valence-electron chi connectivity index (χ1n) is 6.18. The lowest BCUT2D eigenvalue weighted by molar-refractivity contribution is 0.317. The van der Waals surface area contributed by atoms with E-state index in [1.807, 2.05) is 0 Å². The first kappa shape index (κ1) is 11.4. The molecular weight excluding hydrogens is 240 g/mol. The zero-order valence-corrected chi connectivity index (χ0v) is 11.1. The van der Waals surface area contributed by atoms with Crippen molar-refractivity contribution in [2.75, 3.05) is 0 Å². The molecule has 1 aromatic carbocycles. The lowest BCUT2D eigenvalue weighted by Crippen LogP contribution is -2.32. The van der Waals surface area contributed by atoms with Crippen LogP contribution < -0.4 is 0 Å². The van der Waals surface area contributed by atoms with Crippen LogP contribution in [0, 0.1) is 18.3 Å². The maximum Gasteiger partial charge on any atom is 0.123 e. The molecule has 0 bridgehead atoms. The maximum absolute atomic E-state index is 9.33. The molecule has 1 aliphatic carbocycles. The highest BCUT2D eigenvalue weighted by Gasteiger charge is 2.41. The van der Waals surface area contributed by atoms with E-state index >= 15 is 0 Å². The summed E-state index contributed by atoms with van der Waals surface area (Å²) < 4.78 is 0. The van der Waals surface area contributed by atoms with E-state index in [9.17, 15) is 5.26 Å². The van der Waals surface area contributed by atoms with Gasteiger partial charge in [0, 0.05) is 10.9 Å². The van der Waals surface area contributed by atoms with Crippen molar-refractivity contribution >= 4 is 11.3 Å². The van der Waals surface area contributed by atoms with Crippen molar-refractivity contribution in [1.29, 1.82) is 5.26 Å². The number of nitrogens with zero attached hydrogens (tertiary/aromatic N) is 2. The molecule has 0 radical (unpaired) electrons. The summed E-state index contributed by atoms with van der Waals surface area (Å²) in [5, 5.41) is 12.4. The van der Waals surface area contributed by atoms with Crippen LogP contribution >= 0.6 is 11.3 Å².